The molecule has 8 heteroatoms. The molecule has 4 rings (SSSR count). The highest BCUT2D eigenvalue weighted by molar-refractivity contribution is 6.05. The first kappa shape index (κ1) is 19.8. The number of amides is 3. The summed E-state index contributed by atoms with van der Waals surface area (Å²) in [5, 5.41) is 14.8. The second-order valence-electron chi connectivity index (χ2n) is 7.94. The van der Waals surface area contributed by atoms with Gasteiger partial charge in [-0.05, 0) is 49.4 Å². The average Bonchev–Trinajstić information content (AvgIpc) is 3.03. The van der Waals surface area contributed by atoms with E-state index in [1.807, 2.05) is 12.1 Å². The Bertz CT molecular complexity index is 812. The maximum Gasteiger partial charge on any atom is 0.255 e. The van der Waals surface area contributed by atoms with E-state index in [-0.39, 0.29) is 37.0 Å². The summed E-state index contributed by atoms with van der Waals surface area (Å²) in [7, 11) is 0. The van der Waals surface area contributed by atoms with Crippen LogP contribution in [0, 0.1) is 0 Å². The van der Waals surface area contributed by atoms with Gasteiger partial charge in [-0.15, -0.1) is 0 Å². The molecule has 156 valence electrons. The summed E-state index contributed by atoms with van der Waals surface area (Å²) < 4.78 is 6.24. The molecule has 3 aliphatic rings. The Kier molecular flexibility index (Phi) is 5.82. The van der Waals surface area contributed by atoms with Gasteiger partial charge in [0.15, 0.2) is 0 Å². The van der Waals surface area contributed by atoms with Gasteiger partial charge in [-0.2, -0.15) is 0 Å². The largest absolute Gasteiger partial charge is 0.489 e. The zero-order valence-electron chi connectivity index (χ0n) is 16.4. The van der Waals surface area contributed by atoms with Gasteiger partial charge >= 0.3 is 0 Å². The number of hydrogen-bond acceptors (Lipinski definition) is 6. The summed E-state index contributed by atoms with van der Waals surface area (Å²) in [5.41, 5.74) is 1.42. The van der Waals surface area contributed by atoms with E-state index in [9.17, 15) is 14.4 Å². The topological polar surface area (TPSA) is 108 Å². The Morgan fingerprint density at radius 3 is 2.79 bits per heavy atom. The van der Waals surface area contributed by atoms with Crippen molar-refractivity contribution in [3.05, 3.63) is 29.3 Å². The summed E-state index contributed by atoms with van der Waals surface area (Å²) in [6, 6.07) is 5.05. The molecule has 0 spiro atoms. The van der Waals surface area contributed by atoms with Gasteiger partial charge in [-0.1, -0.05) is 6.42 Å². The van der Waals surface area contributed by atoms with Crippen molar-refractivity contribution < 1.29 is 24.2 Å². The molecule has 0 bridgehead atoms. The molecule has 3 amide bonds. The minimum absolute atomic E-state index is 0.0247. The van der Waals surface area contributed by atoms with Crippen molar-refractivity contribution in [3.63, 3.8) is 0 Å². The van der Waals surface area contributed by atoms with E-state index < -0.39 is 11.9 Å². The van der Waals surface area contributed by atoms with Crippen LogP contribution in [0.3, 0.4) is 0 Å². The number of nitrogens with one attached hydrogen (secondary N) is 2. The van der Waals surface area contributed by atoms with E-state index >= 15 is 0 Å². The smallest absolute Gasteiger partial charge is 0.255 e. The number of aliphatic hydroxyl groups excluding tert-OH is 1. The molecule has 1 saturated carbocycles. The van der Waals surface area contributed by atoms with Crippen LogP contribution in [-0.4, -0.2) is 59.1 Å². The first-order valence-corrected chi connectivity index (χ1v) is 10.4. The van der Waals surface area contributed by atoms with E-state index in [1.54, 1.807) is 11.0 Å². The SMILES string of the molecule is O=C1CCC(N2Cc3cc(O[C@@H]4CCCC[C@H]4NCCO)ccc3C2=O)C(=O)N1. The molecule has 3 atom stereocenters. The van der Waals surface area contributed by atoms with Crippen LogP contribution >= 0.6 is 0 Å². The number of carbonyl (C=O) groups excluding carboxylic acids is 3. The second-order valence-corrected chi connectivity index (χ2v) is 7.94. The number of rotatable bonds is 6. The van der Waals surface area contributed by atoms with Crippen LogP contribution in [-0.2, 0) is 16.1 Å². The monoisotopic (exact) mass is 401 g/mol. The molecule has 3 N–H and O–H groups in total. The van der Waals surface area contributed by atoms with Crippen LogP contribution in [0.1, 0.15) is 54.4 Å². The molecule has 1 aromatic rings. The molecule has 2 fully saturated rings. The standard InChI is InChI=1S/C21H27N3O5/c25-10-9-22-16-3-1-2-4-18(16)29-14-5-6-15-13(11-14)12-24(21(15)28)17-7-8-19(26)23-20(17)27/h5-6,11,16-18,22,25H,1-4,7-10,12H2,(H,23,26,27)/t16-,17?,18-/m1/s1. The van der Waals surface area contributed by atoms with Crippen molar-refractivity contribution >= 4 is 17.7 Å². The van der Waals surface area contributed by atoms with Gasteiger partial charge in [0.25, 0.3) is 5.91 Å². The Morgan fingerprint density at radius 1 is 1.17 bits per heavy atom. The van der Waals surface area contributed by atoms with Crippen LogP contribution in [0.25, 0.3) is 0 Å². The third kappa shape index (κ3) is 4.13. The number of ether oxygens (including phenoxy) is 1. The lowest BCUT2D eigenvalue weighted by atomic mass is 9.92. The van der Waals surface area contributed by atoms with Gasteiger partial charge in [-0.3, -0.25) is 19.7 Å². The minimum Gasteiger partial charge on any atom is -0.489 e. The number of imide groups is 1. The fraction of sp³-hybridized carbons (Fsp3) is 0.571. The zero-order chi connectivity index (χ0) is 20.4. The van der Waals surface area contributed by atoms with Crippen LogP contribution in [0.4, 0.5) is 0 Å². The normalized spacial score (nSPS) is 27.0. The Labute approximate surface area is 169 Å². The lowest BCUT2D eigenvalue weighted by Crippen LogP contribution is -2.52. The zero-order valence-corrected chi connectivity index (χ0v) is 16.4. The first-order valence-electron chi connectivity index (χ1n) is 10.4. The fourth-order valence-corrected chi connectivity index (χ4v) is 4.52. The highest BCUT2D eigenvalue weighted by Gasteiger charge is 2.39. The number of fused-ring (bicyclic) bond motifs is 1. The lowest BCUT2D eigenvalue weighted by Gasteiger charge is -2.32. The highest BCUT2D eigenvalue weighted by Crippen LogP contribution is 2.31. The molecular weight excluding hydrogens is 374 g/mol. The molecule has 0 radical (unpaired) electrons. The number of hydrogen-bond donors (Lipinski definition) is 3. The molecule has 1 aliphatic carbocycles. The van der Waals surface area contributed by atoms with Crippen molar-refractivity contribution in [2.24, 2.45) is 0 Å². The molecule has 0 aromatic heterocycles. The summed E-state index contributed by atoms with van der Waals surface area (Å²) in [6.07, 6.45) is 4.83. The van der Waals surface area contributed by atoms with Gasteiger partial charge in [-0.25, -0.2) is 0 Å². The number of piperidine rings is 1. The predicted octanol–water partition coefficient (Wildman–Crippen LogP) is 0.720. The lowest BCUT2D eigenvalue weighted by molar-refractivity contribution is -0.136. The quantitative estimate of drug-likeness (QED) is 0.607. The Balaban J connectivity index is 1.46. The van der Waals surface area contributed by atoms with Crippen LogP contribution < -0.4 is 15.4 Å². The van der Waals surface area contributed by atoms with Crippen molar-refractivity contribution in [1.82, 2.24) is 15.5 Å². The van der Waals surface area contributed by atoms with Gasteiger partial charge in [0.1, 0.15) is 17.9 Å². The first-order chi connectivity index (χ1) is 14.1. The van der Waals surface area contributed by atoms with Crippen molar-refractivity contribution in [3.8, 4) is 5.75 Å². The summed E-state index contributed by atoms with van der Waals surface area (Å²) >= 11 is 0. The minimum atomic E-state index is -0.609. The molecular formula is C21H27N3O5. The summed E-state index contributed by atoms with van der Waals surface area (Å²) in [5.74, 6) is -0.160. The van der Waals surface area contributed by atoms with Gasteiger partial charge in [0.2, 0.25) is 11.8 Å². The van der Waals surface area contributed by atoms with Crippen molar-refractivity contribution in [1.29, 1.82) is 0 Å². The van der Waals surface area contributed by atoms with E-state index in [1.165, 1.54) is 0 Å². The molecule has 1 aromatic carbocycles. The third-order valence-corrected chi connectivity index (χ3v) is 6.00. The van der Waals surface area contributed by atoms with Crippen LogP contribution in [0.15, 0.2) is 18.2 Å². The summed E-state index contributed by atoms with van der Waals surface area (Å²) in [4.78, 5) is 37.9. The molecule has 1 unspecified atom stereocenters. The third-order valence-electron chi connectivity index (χ3n) is 6.00. The molecule has 2 aliphatic heterocycles. The second kappa shape index (κ2) is 8.51. The van der Waals surface area contributed by atoms with Crippen LogP contribution in [0.5, 0.6) is 5.75 Å². The predicted molar refractivity (Wildman–Crippen MR) is 104 cm³/mol. The maximum absolute atomic E-state index is 12.8. The van der Waals surface area contributed by atoms with Crippen molar-refractivity contribution in [2.45, 2.75) is 63.3 Å². The molecule has 2 heterocycles. The number of aliphatic hydroxyl groups is 1. The molecule has 1 saturated heterocycles. The number of nitrogens with zero attached hydrogens (tertiary/aromatic N) is 1. The maximum atomic E-state index is 12.8. The van der Waals surface area contributed by atoms with Crippen LogP contribution in [0.2, 0.25) is 0 Å². The van der Waals surface area contributed by atoms with Gasteiger partial charge in [0, 0.05) is 31.1 Å². The van der Waals surface area contributed by atoms with E-state index in [0.717, 1.165) is 31.2 Å². The van der Waals surface area contributed by atoms with Gasteiger partial charge in [0.05, 0.1) is 6.61 Å². The van der Waals surface area contributed by atoms with Crippen molar-refractivity contribution in [2.75, 3.05) is 13.2 Å². The molecule has 8 nitrogen and oxygen atoms in total. The summed E-state index contributed by atoms with van der Waals surface area (Å²) in [6.45, 7) is 0.985. The Hall–Kier alpha value is -2.45. The highest BCUT2D eigenvalue weighted by atomic mass is 16.5. The van der Waals surface area contributed by atoms with E-state index in [4.69, 9.17) is 9.84 Å². The number of benzene rings is 1. The average molecular weight is 401 g/mol. The van der Waals surface area contributed by atoms with E-state index in [2.05, 4.69) is 10.6 Å². The number of carbonyl (C=O) groups is 3. The van der Waals surface area contributed by atoms with E-state index in [0.29, 0.717) is 30.8 Å². The molecule has 29 heavy (non-hydrogen) atoms. The fourth-order valence-electron chi connectivity index (χ4n) is 4.52. The van der Waals surface area contributed by atoms with Gasteiger partial charge < -0.3 is 20.1 Å². The Morgan fingerprint density at radius 2 is 2.00 bits per heavy atom.